The van der Waals surface area contributed by atoms with E-state index in [2.05, 4.69) is 31.3 Å². The predicted molar refractivity (Wildman–Crippen MR) is 99.2 cm³/mol. The number of sulfone groups is 1. The summed E-state index contributed by atoms with van der Waals surface area (Å²) in [5.74, 6) is 1.51. The van der Waals surface area contributed by atoms with Crippen molar-refractivity contribution in [1.82, 2.24) is 24.3 Å². The van der Waals surface area contributed by atoms with Crippen LogP contribution in [-0.4, -0.2) is 69.4 Å². The second-order valence-electron chi connectivity index (χ2n) is 7.14. The lowest BCUT2D eigenvalue weighted by Gasteiger charge is -2.43. The van der Waals surface area contributed by atoms with Crippen LogP contribution in [0.2, 0.25) is 0 Å². The number of piperazine rings is 1. The number of pyridine rings is 1. The third-order valence-corrected chi connectivity index (χ3v) is 7.23. The van der Waals surface area contributed by atoms with Crippen LogP contribution in [0.25, 0.3) is 0 Å². The van der Waals surface area contributed by atoms with E-state index in [1.807, 2.05) is 24.5 Å². The summed E-state index contributed by atoms with van der Waals surface area (Å²) >= 11 is 0. The van der Waals surface area contributed by atoms with Gasteiger partial charge in [0.25, 0.3) is 0 Å². The minimum absolute atomic E-state index is 0.0394. The molecular weight excluding hydrogens is 350 g/mol. The average Bonchev–Trinajstić information content (AvgIpc) is 3.21. The van der Waals surface area contributed by atoms with Crippen LogP contribution in [-0.2, 0) is 29.5 Å². The van der Waals surface area contributed by atoms with Gasteiger partial charge in [-0.2, -0.15) is 0 Å². The van der Waals surface area contributed by atoms with Crippen LogP contribution in [0.3, 0.4) is 0 Å². The minimum atomic E-state index is -3.00. The van der Waals surface area contributed by atoms with Crippen LogP contribution in [0.4, 0.5) is 0 Å². The van der Waals surface area contributed by atoms with Crippen LogP contribution in [0.5, 0.6) is 0 Å². The van der Waals surface area contributed by atoms with Crippen molar-refractivity contribution in [1.29, 1.82) is 0 Å². The van der Waals surface area contributed by atoms with Gasteiger partial charge in [0.15, 0.2) is 9.84 Å². The molecule has 2 aliphatic rings. The summed E-state index contributed by atoms with van der Waals surface area (Å²) in [6, 6.07) is 4.09. The highest BCUT2D eigenvalue weighted by Gasteiger charge is 2.46. The smallest absolute Gasteiger partial charge is 0.153 e. The Hall–Kier alpha value is -1.77. The third-order valence-electron chi connectivity index (χ3n) is 5.53. The quantitative estimate of drug-likeness (QED) is 0.769. The zero-order valence-electron chi connectivity index (χ0n) is 15.0. The van der Waals surface area contributed by atoms with E-state index in [4.69, 9.17) is 0 Å². The van der Waals surface area contributed by atoms with Gasteiger partial charge >= 0.3 is 0 Å². The monoisotopic (exact) mass is 375 g/mol. The number of aromatic nitrogens is 3. The van der Waals surface area contributed by atoms with Crippen molar-refractivity contribution < 1.29 is 8.42 Å². The Morgan fingerprint density at radius 1 is 1.04 bits per heavy atom. The molecule has 4 heterocycles. The SMILES string of the molecule is CCn1ccnc1CN1CCN(Cc2ccncc2)[C@@H]2CS(=O)(=O)C[C@@H]21. The molecule has 7 nitrogen and oxygen atoms in total. The molecule has 0 aromatic carbocycles. The first-order valence-electron chi connectivity index (χ1n) is 9.13. The molecular formula is C18H25N5O2S. The fourth-order valence-electron chi connectivity index (χ4n) is 4.17. The van der Waals surface area contributed by atoms with E-state index >= 15 is 0 Å². The maximum Gasteiger partial charge on any atom is 0.153 e. The standard InChI is InChI=1S/C18H25N5O2S/c1-2-21-8-7-20-18(21)12-23-10-9-22(11-15-3-5-19-6-4-15)16-13-26(24,25)14-17(16)23/h3-8,16-17H,2,9-14H2,1H3/t16-,17+/m1/s1. The van der Waals surface area contributed by atoms with E-state index in [1.54, 1.807) is 12.4 Å². The molecule has 8 heteroatoms. The van der Waals surface area contributed by atoms with Crippen molar-refractivity contribution in [3.63, 3.8) is 0 Å². The second-order valence-corrected chi connectivity index (χ2v) is 9.29. The lowest BCUT2D eigenvalue weighted by Crippen LogP contribution is -2.58. The van der Waals surface area contributed by atoms with Gasteiger partial charge in [0.05, 0.1) is 18.1 Å². The highest BCUT2D eigenvalue weighted by molar-refractivity contribution is 7.91. The molecule has 2 aromatic rings. The fraction of sp³-hybridized carbons (Fsp3) is 0.556. The van der Waals surface area contributed by atoms with Gasteiger partial charge in [0.2, 0.25) is 0 Å². The van der Waals surface area contributed by atoms with Crippen LogP contribution in [0.1, 0.15) is 18.3 Å². The van der Waals surface area contributed by atoms with Gasteiger partial charge < -0.3 is 4.57 Å². The molecule has 0 saturated carbocycles. The largest absolute Gasteiger partial charge is 0.334 e. The van der Waals surface area contributed by atoms with Crippen molar-refractivity contribution in [2.24, 2.45) is 0 Å². The molecule has 2 fully saturated rings. The van der Waals surface area contributed by atoms with Crippen LogP contribution in [0.15, 0.2) is 36.9 Å². The molecule has 0 spiro atoms. The molecule has 4 rings (SSSR count). The average molecular weight is 375 g/mol. The van der Waals surface area contributed by atoms with Gasteiger partial charge in [-0.15, -0.1) is 0 Å². The first kappa shape index (κ1) is 17.6. The summed E-state index contributed by atoms with van der Waals surface area (Å²) in [6.07, 6.45) is 7.39. The van der Waals surface area contributed by atoms with Crippen LogP contribution >= 0.6 is 0 Å². The molecule has 2 aliphatic heterocycles. The van der Waals surface area contributed by atoms with Gasteiger partial charge in [-0.1, -0.05) is 0 Å². The molecule has 0 amide bonds. The highest BCUT2D eigenvalue weighted by Crippen LogP contribution is 2.29. The Morgan fingerprint density at radius 2 is 1.69 bits per heavy atom. The van der Waals surface area contributed by atoms with Crippen molar-refractivity contribution in [2.45, 2.75) is 38.6 Å². The lowest BCUT2D eigenvalue weighted by atomic mass is 10.0. The van der Waals surface area contributed by atoms with E-state index < -0.39 is 9.84 Å². The van der Waals surface area contributed by atoms with E-state index in [0.717, 1.165) is 32.0 Å². The number of nitrogens with zero attached hydrogens (tertiary/aromatic N) is 5. The Morgan fingerprint density at radius 3 is 2.35 bits per heavy atom. The first-order chi connectivity index (χ1) is 12.6. The van der Waals surface area contributed by atoms with E-state index in [-0.39, 0.29) is 23.6 Å². The fourth-order valence-corrected chi connectivity index (χ4v) is 6.22. The van der Waals surface area contributed by atoms with Crippen molar-refractivity contribution in [2.75, 3.05) is 24.6 Å². The van der Waals surface area contributed by atoms with Gasteiger partial charge in [-0.25, -0.2) is 13.4 Å². The van der Waals surface area contributed by atoms with E-state index in [1.165, 1.54) is 5.56 Å². The van der Waals surface area contributed by atoms with Crippen molar-refractivity contribution in [3.05, 3.63) is 48.3 Å². The van der Waals surface area contributed by atoms with Gasteiger partial charge in [-0.05, 0) is 24.6 Å². The number of hydrogen-bond donors (Lipinski definition) is 0. The molecule has 0 bridgehead atoms. The molecule has 0 aliphatic carbocycles. The summed E-state index contributed by atoms with van der Waals surface area (Å²) in [4.78, 5) is 13.2. The summed E-state index contributed by atoms with van der Waals surface area (Å²) in [7, 11) is -3.00. The Balaban J connectivity index is 1.54. The zero-order valence-corrected chi connectivity index (χ0v) is 15.8. The number of hydrogen-bond acceptors (Lipinski definition) is 6. The van der Waals surface area contributed by atoms with Gasteiger partial charge in [0, 0.05) is 63.1 Å². The predicted octanol–water partition coefficient (Wildman–Crippen LogP) is 0.781. The number of rotatable bonds is 5. The molecule has 2 aromatic heterocycles. The second kappa shape index (κ2) is 7.09. The summed E-state index contributed by atoms with van der Waals surface area (Å²) in [5.41, 5.74) is 1.18. The third kappa shape index (κ3) is 3.54. The maximum absolute atomic E-state index is 12.4. The number of fused-ring (bicyclic) bond motifs is 1. The Kier molecular flexibility index (Phi) is 4.81. The zero-order chi connectivity index (χ0) is 18.1. The molecule has 0 unspecified atom stereocenters. The Bertz CT molecular complexity index is 851. The topological polar surface area (TPSA) is 71.3 Å². The highest BCUT2D eigenvalue weighted by atomic mass is 32.2. The minimum Gasteiger partial charge on any atom is -0.334 e. The molecule has 2 saturated heterocycles. The first-order valence-corrected chi connectivity index (χ1v) is 11.0. The summed E-state index contributed by atoms with van der Waals surface area (Å²) in [6.45, 7) is 6.19. The van der Waals surface area contributed by atoms with Crippen molar-refractivity contribution in [3.8, 4) is 0 Å². The van der Waals surface area contributed by atoms with Crippen molar-refractivity contribution >= 4 is 9.84 Å². The van der Waals surface area contributed by atoms with Gasteiger partial charge in [-0.3, -0.25) is 14.8 Å². The Labute approximate surface area is 154 Å². The van der Waals surface area contributed by atoms with Gasteiger partial charge in [0.1, 0.15) is 5.82 Å². The molecule has 2 atom stereocenters. The summed E-state index contributed by atoms with van der Waals surface area (Å²) in [5, 5.41) is 0. The van der Waals surface area contributed by atoms with Crippen LogP contribution in [0, 0.1) is 0 Å². The number of imidazole rings is 1. The van der Waals surface area contributed by atoms with E-state index in [9.17, 15) is 8.42 Å². The maximum atomic E-state index is 12.4. The van der Waals surface area contributed by atoms with E-state index in [0.29, 0.717) is 6.54 Å². The molecule has 140 valence electrons. The molecule has 26 heavy (non-hydrogen) atoms. The normalized spacial score (nSPS) is 26.0. The number of aryl methyl sites for hydroxylation is 1. The lowest BCUT2D eigenvalue weighted by molar-refractivity contribution is 0.0334. The van der Waals surface area contributed by atoms with Crippen LogP contribution < -0.4 is 0 Å². The summed E-state index contributed by atoms with van der Waals surface area (Å²) < 4.78 is 26.9. The molecule has 0 N–H and O–H groups in total. The molecule has 0 radical (unpaired) electrons.